The van der Waals surface area contributed by atoms with Gasteiger partial charge in [0, 0.05) is 32.3 Å². The topological polar surface area (TPSA) is 88.2 Å². The van der Waals surface area contributed by atoms with Gasteiger partial charge in [0.25, 0.3) is 0 Å². The maximum Gasteiger partial charge on any atom is 0.226 e. The number of aromatic nitrogens is 3. The van der Waals surface area contributed by atoms with Crippen LogP contribution in [0.2, 0.25) is 5.15 Å². The second kappa shape index (κ2) is 9.87. The highest BCUT2D eigenvalue weighted by molar-refractivity contribution is 6.29. The van der Waals surface area contributed by atoms with Crippen molar-refractivity contribution in [2.75, 3.05) is 19.6 Å². The second-order valence-electron chi connectivity index (χ2n) is 5.27. The average Bonchev–Trinajstić information content (AvgIpc) is 2.99. The molecular formula is C16H23ClN6O. The van der Waals surface area contributed by atoms with E-state index in [9.17, 15) is 0 Å². The van der Waals surface area contributed by atoms with E-state index in [0.29, 0.717) is 23.4 Å². The fourth-order valence-corrected chi connectivity index (χ4v) is 2.20. The standard InChI is InChI=1S/C16H23ClN6O/c1-3-18-16(19-9-4-5-15-22-12(2)23-24-15)20-10-8-13-6-7-14(17)21-11-13/h6-7,11H,3-5,8-10H2,1-2H3,(H2,18,19,20). The van der Waals surface area contributed by atoms with Gasteiger partial charge in [-0.05, 0) is 38.3 Å². The number of halogens is 1. The molecule has 7 nitrogen and oxygen atoms in total. The molecule has 0 saturated heterocycles. The lowest BCUT2D eigenvalue weighted by Crippen LogP contribution is -2.38. The van der Waals surface area contributed by atoms with Crippen LogP contribution in [-0.2, 0) is 12.8 Å². The first-order valence-corrected chi connectivity index (χ1v) is 8.47. The summed E-state index contributed by atoms with van der Waals surface area (Å²) in [5.74, 6) is 2.14. The van der Waals surface area contributed by atoms with Crippen LogP contribution in [0.4, 0.5) is 0 Å². The minimum absolute atomic E-state index is 0.512. The van der Waals surface area contributed by atoms with Crippen molar-refractivity contribution in [3.63, 3.8) is 0 Å². The smallest absolute Gasteiger partial charge is 0.226 e. The fraction of sp³-hybridized carbons (Fsp3) is 0.500. The molecule has 0 atom stereocenters. The highest BCUT2D eigenvalue weighted by Gasteiger charge is 2.02. The summed E-state index contributed by atoms with van der Waals surface area (Å²) in [6, 6.07) is 3.78. The maximum absolute atomic E-state index is 5.78. The van der Waals surface area contributed by atoms with Gasteiger partial charge in [-0.1, -0.05) is 22.8 Å². The Bertz CT molecular complexity index is 640. The molecule has 0 saturated carbocycles. The monoisotopic (exact) mass is 350 g/mol. The van der Waals surface area contributed by atoms with Crippen LogP contribution in [0.5, 0.6) is 0 Å². The van der Waals surface area contributed by atoms with E-state index in [-0.39, 0.29) is 0 Å². The molecule has 8 heteroatoms. The number of hydrogen-bond donors (Lipinski definition) is 2. The van der Waals surface area contributed by atoms with E-state index in [0.717, 1.165) is 43.9 Å². The van der Waals surface area contributed by atoms with Gasteiger partial charge in [0.2, 0.25) is 5.89 Å². The Morgan fingerprint density at radius 2 is 2.17 bits per heavy atom. The van der Waals surface area contributed by atoms with E-state index in [1.807, 2.05) is 19.9 Å². The number of hydrogen-bond acceptors (Lipinski definition) is 5. The van der Waals surface area contributed by atoms with Crippen LogP contribution < -0.4 is 10.6 Å². The van der Waals surface area contributed by atoms with Crippen molar-refractivity contribution in [2.45, 2.75) is 33.1 Å². The molecule has 2 rings (SSSR count). The Kier molecular flexibility index (Phi) is 7.48. The lowest BCUT2D eigenvalue weighted by atomic mass is 10.2. The van der Waals surface area contributed by atoms with Crippen molar-refractivity contribution < 1.29 is 4.52 Å². The molecule has 0 amide bonds. The molecule has 0 aromatic carbocycles. The predicted molar refractivity (Wildman–Crippen MR) is 94.3 cm³/mol. The normalized spacial score (nSPS) is 11.5. The van der Waals surface area contributed by atoms with Crippen LogP contribution in [-0.4, -0.2) is 40.7 Å². The summed E-state index contributed by atoms with van der Waals surface area (Å²) in [4.78, 5) is 12.8. The van der Waals surface area contributed by atoms with E-state index in [1.165, 1.54) is 0 Å². The SMILES string of the molecule is CCNC(=NCCCc1nc(C)no1)NCCc1ccc(Cl)nc1. The maximum atomic E-state index is 5.78. The quantitative estimate of drug-likeness (QED) is 0.328. The van der Waals surface area contributed by atoms with Crippen molar-refractivity contribution in [1.82, 2.24) is 25.8 Å². The number of nitrogens with one attached hydrogen (secondary N) is 2. The van der Waals surface area contributed by atoms with Gasteiger partial charge in [-0.25, -0.2) is 4.98 Å². The minimum Gasteiger partial charge on any atom is -0.357 e. The van der Waals surface area contributed by atoms with Crippen LogP contribution in [0.15, 0.2) is 27.8 Å². The molecule has 0 radical (unpaired) electrons. The zero-order chi connectivity index (χ0) is 17.2. The second-order valence-corrected chi connectivity index (χ2v) is 5.65. The Labute approximate surface area is 146 Å². The third-order valence-electron chi connectivity index (χ3n) is 3.23. The number of rotatable bonds is 8. The highest BCUT2D eigenvalue weighted by atomic mass is 35.5. The van der Waals surface area contributed by atoms with Crippen molar-refractivity contribution in [3.8, 4) is 0 Å². The number of guanidine groups is 1. The molecule has 0 fully saturated rings. The average molecular weight is 351 g/mol. The molecular weight excluding hydrogens is 328 g/mol. The van der Waals surface area contributed by atoms with Crippen molar-refractivity contribution in [3.05, 3.63) is 40.8 Å². The summed E-state index contributed by atoms with van der Waals surface area (Å²) in [5, 5.41) is 10.8. The van der Waals surface area contributed by atoms with Gasteiger partial charge in [0.15, 0.2) is 11.8 Å². The first kappa shape index (κ1) is 18.2. The van der Waals surface area contributed by atoms with Gasteiger partial charge in [-0.2, -0.15) is 4.98 Å². The summed E-state index contributed by atoms with van der Waals surface area (Å²) < 4.78 is 5.08. The van der Waals surface area contributed by atoms with Gasteiger partial charge >= 0.3 is 0 Å². The van der Waals surface area contributed by atoms with Crippen LogP contribution in [0.3, 0.4) is 0 Å². The van der Waals surface area contributed by atoms with Crippen LogP contribution in [0, 0.1) is 6.92 Å². The van der Waals surface area contributed by atoms with Crippen molar-refractivity contribution in [1.29, 1.82) is 0 Å². The Hall–Kier alpha value is -2.15. The van der Waals surface area contributed by atoms with E-state index < -0.39 is 0 Å². The number of nitrogens with zero attached hydrogens (tertiary/aromatic N) is 4. The molecule has 24 heavy (non-hydrogen) atoms. The van der Waals surface area contributed by atoms with Gasteiger partial charge < -0.3 is 15.2 Å². The molecule has 0 unspecified atom stereocenters. The van der Waals surface area contributed by atoms with Gasteiger partial charge in [0.05, 0.1) is 0 Å². The van der Waals surface area contributed by atoms with Crippen LogP contribution in [0.25, 0.3) is 0 Å². The zero-order valence-corrected chi connectivity index (χ0v) is 14.8. The molecule has 2 N–H and O–H groups in total. The summed E-state index contributed by atoms with van der Waals surface area (Å²) in [7, 11) is 0. The summed E-state index contributed by atoms with van der Waals surface area (Å²) in [6.45, 7) is 6.14. The van der Waals surface area contributed by atoms with Crippen LogP contribution in [0.1, 0.15) is 30.6 Å². The minimum atomic E-state index is 0.512. The first-order chi connectivity index (χ1) is 11.7. The van der Waals surface area contributed by atoms with Crippen LogP contribution >= 0.6 is 11.6 Å². The first-order valence-electron chi connectivity index (χ1n) is 8.09. The zero-order valence-electron chi connectivity index (χ0n) is 14.0. The molecule has 0 spiro atoms. The number of pyridine rings is 1. The van der Waals surface area contributed by atoms with E-state index in [4.69, 9.17) is 16.1 Å². The molecule has 2 aromatic heterocycles. The molecule has 130 valence electrons. The molecule has 0 aliphatic heterocycles. The number of aryl methyl sites for hydroxylation is 2. The molecule has 2 aromatic rings. The Morgan fingerprint density at radius 1 is 1.29 bits per heavy atom. The third kappa shape index (κ3) is 6.54. The third-order valence-corrected chi connectivity index (χ3v) is 3.45. The van der Waals surface area contributed by atoms with E-state index >= 15 is 0 Å². The van der Waals surface area contributed by atoms with E-state index in [2.05, 4.69) is 30.8 Å². The Morgan fingerprint density at radius 3 is 2.83 bits per heavy atom. The summed E-state index contributed by atoms with van der Waals surface area (Å²) in [6.07, 6.45) is 4.25. The summed E-state index contributed by atoms with van der Waals surface area (Å²) >= 11 is 5.78. The lowest BCUT2D eigenvalue weighted by molar-refractivity contribution is 0.372. The Balaban J connectivity index is 1.72. The van der Waals surface area contributed by atoms with E-state index in [1.54, 1.807) is 12.3 Å². The molecule has 0 aliphatic rings. The largest absolute Gasteiger partial charge is 0.357 e. The molecule has 0 bridgehead atoms. The summed E-state index contributed by atoms with van der Waals surface area (Å²) in [5.41, 5.74) is 1.13. The fourth-order valence-electron chi connectivity index (χ4n) is 2.08. The highest BCUT2D eigenvalue weighted by Crippen LogP contribution is 2.05. The van der Waals surface area contributed by atoms with Gasteiger partial charge in [-0.3, -0.25) is 4.99 Å². The van der Waals surface area contributed by atoms with Gasteiger partial charge in [-0.15, -0.1) is 0 Å². The molecule has 0 aliphatic carbocycles. The predicted octanol–water partition coefficient (Wildman–Crippen LogP) is 2.16. The molecule has 2 heterocycles. The van der Waals surface area contributed by atoms with Crippen molar-refractivity contribution >= 4 is 17.6 Å². The lowest BCUT2D eigenvalue weighted by Gasteiger charge is -2.11. The number of aliphatic imine (C=N–C) groups is 1. The van der Waals surface area contributed by atoms with Gasteiger partial charge in [0.1, 0.15) is 5.15 Å². The van der Waals surface area contributed by atoms with Crippen molar-refractivity contribution in [2.24, 2.45) is 4.99 Å².